The molecule has 0 saturated carbocycles. The fourth-order valence-corrected chi connectivity index (χ4v) is 5.30. The Labute approximate surface area is 213 Å². The first-order chi connectivity index (χ1) is 18.1. The average molecular weight is 480 g/mol. The molecule has 0 atom stereocenters. The van der Waals surface area contributed by atoms with Crippen LogP contribution in [0.1, 0.15) is 26.3 Å². The minimum Gasteiger partial charge on any atom is -0.341 e. The van der Waals surface area contributed by atoms with E-state index in [-0.39, 0.29) is 17.1 Å². The van der Waals surface area contributed by atoms with Gasteiger partial charge in [-0.3, -0.25) is 14.5 Å². The molecule has 1 aliphatic heterocycles. The van der Waals surface area contributed by atoms with Crippen LogP contribution in [0.3, 0.4) is 0 Å². The first-order valence-electron chi connectivity index (χ1n) is 12.1. The van der Waals surface area contributed by atoms with Crippen LogP contribution in [0.5, 0.6) is 0 Å². The Morgan fingerprint density at radius 3 is 1.68 bits per heavy atom. The molecular formula is C32H21N3O2. The van der Waals surface area contributed by atoms with E-state index < -0.39 is 0 Å². The smallest absolute Gasteiger partial charge is 0.197 e. The standard InChI is InChI=1S/C32H21N3O2/c1-34-26-10-4-6-12-28(26)35(29-13-7-5-11-27(29)34)30-15-14-20(19-33-30)16-25-31(36)23-17-21-8-2-3-9-22(21)18-24(23)32(25)37/h2-19H,1H3. The van der Waals surface area contributed by atoms with Gasteiger partial charge in [-0.15, -0.1) is 0 Å². The van der Waals surface area contributed by atoms with Crippen LogP contribution >= 0.6 is 0 Å². The summed E-state index contributed by atoms with van der Waals surface area (Å²) < 4.78 is 0. The van der Waals surface area contributed by atoms with E-state index in [9.17, 15) is 9.59 Å². The highest BCUT2D eigenvalue weighted by Crippen LogP contribution is 2.49. The molecule has 0 amide bonds. The largest absolute Gasteiger partial charge is 0.341 e. The Bertz CT molecular complexity index is 1680. The molecule has 0 bridgehead atoms. The molecule has 1 aromatic heterocycles. The van der Waals surface area contributed by atoms with Gasteiger partial charge in [-0.1, -0.05) is 48.5 Å². The maximum absolute atomic E-state index is 13.2. The fraction of sp³-hybridized carbons (Fsp3) is 0.0312. The number of aromatic nitrogens is 1. The number of hydrogen-bond donors (Lipinski definition) is 0. The van der Waals surface area contributed by atoms with Crippen LogP contribution in [0.25, 0.3) is 16.8 Å². The number of carbonyl (C=O) groups excluding carboxylic acids is 2. The molecule has 5 aromatic rings. The fourth-order valence-electron chi connectivity index (χ4n) is 5.30. The molecule has 0 spiro atoms. The lowest BCUT2D eigenvalue weighted by Gasteiger charge is -2.37. The number of nitrogens with zero attached hydrogens (tertiary/aromatic N) is 3. The zero-order chi connectivity index (χ0) is 25.1. The van der Waals surface area contributed by atoms with Crippen LogP contribution in [0.15, 0.2) is 109 Å². The summed E-state index contributed by atoms with van der Waals surface area (Å²) in [5.41, 5.74) is 6.04. The minimum absolute atomic E-state index is 0.176. The number of Topliss-reactive ketones (excluding diaryl/α,β-unsaturated/α-hetero) is 2. The van der Waals surface area contributed by atoms with Gasteiger partial charge in [0.25, 0.3) is 0 Å². The zero-order valence-corrected chi connectivity index (χ0v) is 20.1. The molecule has 4 aromatic carbocycles. The number of rotatable bonds is 2. The van der Waals surface area contributed by atoms with E-state index in [1.165, 1.54) is 0 Å². The third-order valence-corrected chi connectivity index (χ3v) is 7.14. The van der Waals surface area contributed by atoms with Crippen LogP contribution < -0.4 is 9.80 Å². The van der Waals surface area contributed by atoms with Crippen LogP contribution in [-0.4, -0.2) is 23.6 Å². The second kappa shape index (κ2) is 8.00. The summed E-state index contributed by atoms with van der Waals surface area (Å²) in [5, 5.41) is 1.89. The quantitative estimate of drug-likeness (QED) is 0.197. The lowest BCUT2D eigenvalue weighted by atomic mass is 10.0. The Balaban J connectivity index is 1.27. The molecule has 5 heteroatoms. The third-order valence-electron chi connectivity index (χ3n) is 7.14. The molecule has 0 unspecified atom stereocenters. The molecule has 1 aliphatic carbocycles. The number of fused-ring (bicyclic) bond motifs is 4. The summed E-state index contributed by atoms with van der Waals surface area (Å²) in [7, 11) is 2.06. The van der Waals surface area contributed by atoms with E-state index >= 15 is 0 Å². The van der Waals surface area contributed by atoms with Crippen molar-refractivity contribution in [3.05, 3.63) is 126 Å². The highest BCUT2D eigenvalue weighted by molar-refractivity contribution is 6.42. The molecular weight excluding hydrogens is 458 g/mol. The van der Waals surface area contributed by atoms with Gasteiger partial charge in [-0.25, -0.2) is 4.98 Å². The number of ketones is 2. The molecule has 5 nitrogen and oxygen atoms in total. The Morgan fingerprint density at radius 1 is 0.649 bits per heavy atom. The van der Waals surface area contributed by atoms with Gasteiger partial charge in [-0.2, -0.15) is 0 Å². The summed E-state index contributed by atoms with van der Waals surface area (Å²) in [4.78, 5) is 35.4. The molecule has 0 fully saturated rings. The van der Waals surface area contributed by atoms with Crippen molar-refractivity contribution in [3.8, 4) is 0 Å². The van der Waals surface area contributed by atoms with Crippen molar-refractivity contribution in [2.75, 3.05) is 16.8 Å². The highest BCUT2D eigenvalue weighted by Gasteiger charge is 2.33. The summed E-state index contributed by atoms with van der Waals surface area (Å²) in [5.74, 6) is 0.280. The van der Waals surface area contributed by atoms with Crippen molar-refractivity contribution < 1.29 is 9.59 Å². The van der Waals surface area contributed by atoms with Crippen molar-refractivity contribution in [1.29, 1.82) is 0 Å². The van der Waals surface area contributed by atoms with Gasteiger partial charge < -0.3 is 4.90 Å². The van der Waals surface area contributed by atoms with Gasteiger partial charge in [0.15, 0.2) is 11.6 Å². The molecule has 2 heterocycles. The van der Waals surface area contributed by atoms with E-state index in [2.05, 4.69) is 41.1 Å². The molecule has 0 N–H and O–H groups in total. The third kappa shape index (κ3) is 3.21. The second-order valence-electron chi connectivity index (χ2n) is 9.28. The highest BCUT2D eigenvalue weighted by atomic mass is 16.2. The Morgan fingerprint density at radius 2 is 1.16 bits per heavy atom. The van der Waals surface area contributed by atoms with Crippen molar-refractivity contribution >= 4 is 57.0 Å². The first kappa shape index (κ1) is 21.3. The number of pyridine rings is 1. The van der Waals surface area contributed by atoms with Crippen molar-refractivity contribution in [1.82, 2.24) is 4.98 Å². The monoisotopic (exact) mass is 479 g/mol. The SMILES string of the molecule is CN1c2ccccc2N(c2ccc(C=C3C(=O)c4cc5ccccc5cc4C3=O)cn2)c2ccccc21. The van der Waals surface area contributed by atoms with E-state index in [1.54, 1.807) is 12.3 Å². The van der Waals surface area contributed by atoms with Crippen molar-refractivity contribution in [3.63, 3.8) is 0 Å². The lowest BCUT2D eigenvalue weighted by molar-refractivity contribution is 0.0990. The van der Waals surface area contributed by atoms with Gasteiger partial charge in [-0.05, 0) is 70.9 Å². The first-order valence-corrected chi connectivity index (χ1v) is 12.1. The van der Waals surface area contributed by atoms with E-state index in [0.717, 1.165) is 39.3 Å². The Hall–Kier alpha value is -5.03. The van der Waals surface area contributed by atoms with Gasteiger partial charge in [0.05, 0.1) is 28.3 Å². The second-order valence-corrected chi connectivity index (χ2v) is 9.28. The summed E-state index contributed by atoms with van der Waals surface area (Å²) >= 11 is 0. The summed E-state index contributed by atoms with van der Waals surface area (Å²) in [6.07, 6.45) is 3.36. The number of carbonyl (C=O) groups is 2. The number of para-hydroxylation sites is 4. The zero-order valence-electron chi connectivity index (χ0n) is 20.1. The molecule has 176 valence electrons. The number of hydrogen-bond acceptors (Lipinski definition) is 5. The van der Waals surface area contributed by atoms with Crippen LogP contribution in [0.4, 0.5) is 28.6 Å². The maximum atomic E-state index is 13.2. The molecule has 0 radical (unpaired) electrons. The lowest BCUT2D eigenvalue weighted by Crippen LogP contribution is -2.24. The van der Waals surface area contributed by atoms with Crippen LogP contribution in [0, 0.1) is 0 Å². The van der Waals surface area contributed by atoms with Crippen molar-refractivity contribution in [2.45, 2.75) is 0 Å². The van der Waals surface area contributed by atoms with Gasteiger partial charge in [0, 0.05) is 24.4 Å². The molecule has 7 rings (SSSR count). The number of benzene rings is 4. The maximum Gasteiger partial charge on any atom is 0.197 e. The molecule has 37 heavy (non-hydrogen) atoms. The van der Waals surface area contributed by atoms with E-state index in [4.69, 9.17) is 4.98 Å². The van der Waals surface area contributed by atoms with Gasteiger partial charge in [0.2, 0.25) is 0 Å². The average Bonchev–Trinajstić information content (AvgIpc) is 3.17. The molecule has 0 saturated heterocycles. The normalized spacial score (nSPS) is 14.0. The minimum atomic E-state index is -0.239. The van der Waals surface area contributed by atoms with E-state index in [1.807, 2.05) is 72.8 Å². The predicted molar refractivity (Wildman–Crippen MR) is 148 cm³/mol. The summed E-state index contributed by atoms with van der Waals surface area (Å²) in [6.45, 7) is 0. The van der Waals surface area contributed by atoms with Crippen molar-refractivity contribution in [2.24, 2.45) is 0 Å². The van der Waals surface area contributed by atoms with Gasteiger partial charge >= 0.3 is 0 Å². The van der Waals surface area contributed by atoms with Crippen LogP contribution in [-0.2, 0) is 0 Å². The van der Waals surface area contributed by atoms with E-state index in [0.29, 0.717) is 16.7 Å². The number of anilines is 5. The molecule has 2 aliphatic rings. The Kier molecular flexibility index (Phi) is 4.60. The predicted octanol–water partition coefficient (Wildman–Crippen LogP) is 7.25. The number of allylic oxidation sites excluding steroid dienone is 1. The summed E-state index contributed by atoms with van der Waals surface area (Å²) in [6, 6.07) is 31.7. The van der Waals surface area contributed by atoms with Gasteiger partial charge in [0.1, 0.15) is 5.82 Å². The topological polar surface area (TPSA) is 53.5 Å². The van der Waals surface area contributed by atoms with Crippen LogP contribution in [0.2, 0.25) is 0 Å².